The Bertz CT molecular complexity index is 679. The summed E-state index contributed by atoms with van der Waals surface area (Å²) < 4.78 is 2.95. The number of anilines is 1. The molecule has 0 saturated carbocycles. The Kier molecular flexibility index (Phi) is 2.34. The van der Waals surface area contributed by atoms with E-state index in [0.29, 0.717) is 5.69 Å². The second-order valence-electron chi connectivity index (χ2n) is 3.83. The van der Waals surface area contributed by atoms with E-state index in [4.69, 9.17) is 17.3 Å². The molecular formula is C12H10ClN3S. The highest BCUT2D eigenvalue weighted by Gasteiger charge is 2.12. The number of hydrogen-bond acceptors (Lipinski definition) is 3. The van der Waals surface area contributed by atoms with Crippen molar-refractivity contribution in [1.82, 2.24) is 9.78 Å². The molecule has 0 aliphatic heterocycles. The van der Waals surface area contributed by atoms with Crippen LogP contribution in [0, 0.1) is 0 Å². The largest absolute Gasteiger partial charge is 0.396 e. The maximum absolute atomic E-state index is 6.16. The molecule has 0 radical (unpaired) electrons. The SMILES string of the molecule is Cn1ncc(N)c1-c1cc2c(Cl)cccc2s1. The van der Waals surface area contributed by atoms with Gasteiger partial charge in [0.25, 0.3) is 0 Å². The zero-order chi connectivity index (χ0) is 12.0. The second-order valence-corrected chi connectivity index (χ2v) is 5.33. The van der Waals surface area contributed by atoms with Crippen LogP contribution >= 0.6 is 22.9 Å². The molecule has 0 amide bonds. The topological polar surface area (TPSA) is 43.8 Å². The summed E-state index contributed by atoms with van der Waals surface area (Å²) >= 11 is 7.84. The third kappa shape index (κ3) is 1.61. The van der Waals surface area contributed by atoms with Gasteiger partial charge in [0.15, 0.2) is 0 Å². The van der Waals surface area contributed by atoms with E-state index in [2.05, 4.69) is 17.2 Å². The van der Waals surface area contributed by atoms with Crippen LogP contribution in [0.1, 0.15) is 0 Å². The molecule has 0 aliphatic carbocycles. The van der Waals surface area contributed by atoms with Crippen LogP contribution in [0.25, 0.3) is 20.7 Å². The van der Waals surface area contributed by atoms with E-state index in [1.165, 1.54) is 0 Å². The molecule has 3 aromatic rings. The fourth-order valence-corrected chi connectivity index (χ4v) is 3.37. The van der Waals surface area contributed by atoms with Gasteiger partial charge in [0.05, 0.1) is 16.8 Å². The van der Waals surface area contributed by atoms with Crippen LogP contribution in [0.2, 0.25) is 5.02 Å². The lowest BCUT2D eigenvalue weighted by Crippen LogP contribution is -1.93. The predicted octanol–water partition coefficient (Wildman–Crippen LogP) is 3.54. The number of thiophene rings is 1. The molecule has 0 saturated heterocycles. The normalized spacial score (nSPS) is 11.2. The maximum atomic E-state index is 6.16. The minimum absolute atomic E-state index is 0.690. The Morgan fingerprint density at radius 1 is 1.41 bits per heavy atom. The Labute approximate surface area is 107 Å². The number of aryl methyl sites for hydroxylation is 1. The maximum Gasteiger partial charge on any atom is 0.101 e. The summed E-state index contributed by atoms with van der Waals surface area (Å²) in [7, 11) is 1.89. The van der Waals surface area contributed by atoms with Crippen LogP contribution in [0.15, 0.2) is 30.5 Å². The van der Waals surface area contributed by atoms with Crippen molar-refractivity contribution in [3.63, 3.8) is 0 Å². The molecule has 86 valence electrons. The number of nitrogen functional groups attached to an aromatic ring is 1. The van der Waals surface area contributed by atoms with Gasteiger partial charge in [-0.15, -0.1) is 11.3 Å². The summed E-state index contributed by atoms with van der Waals surface area (Å²) in [4.78, 5) is 1.09. The molecule has 2 N–H and O–H groups in total. The van der Waals surface area contributed by atoms with Crippen molar-refractivity contribution >= 4 is 38.7 Å². The van der Waals surface area contributed by atoms with Crippen molar-refractivity contribution in [2.45, 2.75) is 0 Å². The number of nitrogens with two attached hydrogens (primary N) is 1. The Balaban J connectivity index is 2.29. The first kappa shape index (κ1) is 10.6. The zero-order valence-corrected chi connectivity index (χ0v) is 10.7. The Hall–Kier alpha value is -1.52. The minimum atomic E-state index is 0.690. The lowest BCUT2D eigenvalue weighted by molar-refractivity contribution is 0.777. The number of hydrogen-bond donors (Lipinski definition) is 1. The molecule has 0 aliphatic rings. The van der Waals surface area contributed by atoms with Crippen LogP contribution in [0.4, 0.5) is 5.69 Å². The van der Waals surface area contributed by atoms with Gasteiger partial charge >= 0.3 is 0 Å². The highest BCUT2D eigenvalue weighted by molar-refractivity contribution is 7.22. The highest BCUT2D eigenvalue weighted by Crippen LogP contribution is 2.38. The van der Waals surface area contributed by atoms with Crippen LogP contribution < -0.4 is 5.73 Å². The molecule has 2 aromatic heterocycles. The van der Waals surface area contributed by atoms with Crippen molar-refractivity contribution in [3.05, 3.63) is 35.5 Å². The van der Waals surface area contributed by atoms with Gasteiger partial charge in [-0.2, -0.15) is 5.10 Å². The van der Waals surface area contributed by atoms with E-state index in [9.17, 15) is 0 Å². The number of aromatic nitrogens is 2. The third-order valence-corrected chi connectivity index (χ3v) is 4.15. The molecule has 17 heavy (non-hydrogen) atoms. The minimum Gasteiger partial charge on any atom is -0.396 e. The van der Waals surface area contributed by atoms with Crippen molar-refractivity contribution in [1.29, 1.82) is 0 Å². The summed E-state index contributed by atoms with van der Waals surface area (Å²) in [5.74, 6) is 0. The van der Waals surface area contributed by atoms with Crippen LogP contribution in [-0.2, 0) is 7.05 Å². The summed E-state index contributed by atoms with van der Waals surface area (Å²) in [6, 6.07) is 7.97. The lowest BCUT2D eigenvalue weighted by Gasteiger charge is -1.98. The summed E-state index contributed by atoms with van der Waals surface area (Å²) in [6.07, 6.45) is 1.67. The predicted molar refractivity (Wildman–Crippen MR) is 73.4 cm³/mol. The second kappa shape index (κ2) is 3.75. The van der Waals surface area contributed by atoms with E-state index in [1.54, 1.807) is 22.2 Å². The zero-order valence-electron chi connectivity index (χ0n) is 9.14. The smallest absolute Gasteiger partial charge is 0.101 e. The van der Waals surface area contributed by atoms with E-state index in [1.807, 2.05) is 19.2 Å². The van der Waals surface area contributed by atoms with Gasteiger partial charge in [-0.1, -0.05) is 17.7 Å². The standard InChI is InChI=1S/C12H10ClN3S/c1-16-12(9(14)6-15-16)11-5-7-8(13)3-2-4-10(7)17-11/h2-6H,14H2,1H3. The van der Waals surface area contributed by atoms with Crippen LogP contribution in [-0.4, -0.2) is 9.78 Å². The average molecular weight is 264 g/mol. The number of rotatable bonds is 1. The summed E-state index contributed by atoms with van der Waals surface area (Å²) in [5, 5.41) is 5.98. The van der Waals surface area contributed by atoms with Gasteiger partial charge < -0.3 is 5.73 Å². The van der Waals surface area contributed by atoms with Crippen molar-refractivity contribution < 1.29 is 0 Å². The molecular weight excluding hydrogens is 254 g/mol. The number of fused-ring (bicyclic) bond motifs is 1. The molecule has 0 atom stereocenters. The van der Waals surface area contributed by atoms with E-state index >= 15 is 0 Å². The number of halogens is 1. The van der Waals surface area contributed by atoms with E-state index in [-0.39, 0.29) is 0 Å². The van der Waals surface area contributed by atoms with Gasteiger partial charge in [-0.3, -0.25) is 4.68 Å². The molecule has 5 heteroatoms. The van der Waals surface area contributed by atoms with Gasteiger partial charge in [0.1, 0.15) is 5.69 Å². The van der Waals surface area contributed by atoms with E-state index in [0.717, 1.165) is 25.7 Å². The number of nitrogens with zero attached hydrogens (tertiary/aromatic N) is 2. The monoisotopic (exact) mass is 263 g/mol. The molecule has 2 heterocycles. The van der Waals surface area contributed by atoms with E-state index < -0.39 is 0 Å². The van der Waals surface area contributed by atoms with Gasteiger partial charge in [-0.05, 0) is 18.2 Å². The summed E-state index contributed by atoms with van der Waals surface area (Å²) in [5.41, 5.74) is 7.56. The van der Waals surface area contributed by atoms with Gasteiger partial charge in [0, 0.05) is 22.2 Å². The molecule has 1 aromatic carbocycles. The van der Waals surface area contributed by atoms with Crippen molar-refractivity contribution in [2.24, 2.45) is 7.05 Å². The first-order valence-corrected chi connectivity index (χ1v) is 6.32. The first-order valence-electron chi connectivity index (χ1n) is 5.12. The first-order chi connectivity index (χ1) is 8.16. The van der Waals surface area contributed by atoms with Crippen LogP contribution in [0.5, 0.6) is 0 Å². The fraction of sp³-hybridized carbons (Fsp3) is 0.0833. The summed E-state index contributed by atoms with van der Waals surface area (Å²) in [6.45, 7) is 0. The van der Waals surface area contributed by atoms with Crippen molar-refractivity contribution in [2.75, 3.05) is 5.73 Å². The average Bonchev–Trinajstić information content (AvgIpc) is 2.84. The molecule has 3 rings (SSSR count). The Morgan fingerprint density at radius 2 is 2.24 bits per heavy atom. The third-order valence-electron chi connectivity index (χ3n) is 2.71. The molecule has 0 unspecified atom stereocenters. The number of benzene rings is 1. The lowest BCUT2D eigenvalue weighted by atomic mass is 10.2. The molecule has 0 fully saturated rings. The van der Waals surface area contributed by atoms with Crippen LogP contribution in [0.3, 0.4) is 0 Å². The molecule has 0 spiro atoms. The quantitative estimate of drug-likeness (QED) is 0.730. The highest BCUT2D eigenvalue weighted by atomic mass is 35.5. The van der Waals surface area contributed by atoms with Gasteiger partial charge in [0.2, 0.25) is 0 Å². The fourth-order valence-electron chi connectivity index (χ4n) is 1.90. The molecule has 0 bridgehead atoms. The van der Waals surface area contributed by atoms with Crippen molar-refractivity contribution in [3.8, 4) is 10.6 Å². The molecule has 3 nitrogen and oxygen atoms in total. The Morgan fingerprint density at radius 3 is 2.88 bits per heavy atom. The van der Waals surface area contributed by atoms with Gasteiger partial charge in [-0.25, -0.2) is 0 Å².